The van der Waals surface area contributed by atoms with Gasteiger partial charge in [0.1, 0.15) is 0 Å². The third-order valence-electron chi connectivity index (χ3n) is 4.37. The quantitative estimate of drug-likeness (QED) is 0.619. The van der Waals surface area contributed by atoms with Crippen molar-refractivity contribution in [3.8, 4) is 5.13 Å². The van der Waals surface area contributed by atoms with Gasteiger partial charge < -0.3 is 15.1 Å². The van der Waals surface area contributed by atoms with Gasteiger partial charge in [0.2, 0.25) is 0 Å². The number of aromatic nitrogens is 2. The number of alkyl halides is 6. The normalized spacial score (nSPS) is 17.4. The van der Waals surface area contributed by atoms with Gasteiger partial charge in [0, 0.05) is 55.7 Å². The largest absolute Gasteiger partial charge is 0.490 e. The van der Waals surface area contributed by atoms with Crippen LogP contribution in [0, 0.1) is 0 Å². The zero-order valence-corrected chi connectivity index (χ0v) is 18.3. The van der Waals surface area contributed by atoms with Crippen molar-refractivity contribution < 1.29 is 46.1 Å². The molecule has 2 N–H and O–H groups in total. The molecule has 1 aliphatic rings. The molecule has 0 amide bonds. The first kappa shape index (κ1) is 28.4. The maximum absolute atomic E-state index is 10.6. The summed E-state index contributed by atoms with van der Waals surface area (Å²) in [6.07, 6.45) is -6.20. The minimum atomic E-state index is -5.08. The number of thiazole rings is 1. The number of halogens is 6. The van der Waals surface area contributed by atoms with Gasteiger partial charge >= 0.3 is 24.3 Å². The standard InChI is InChI=1S/C14H20N4S.2C2HF3O2/c1-12-10-17(8-7-16(12)2)11-13-4-3-6-18(13)14-15-5-9-19-14;2*3-2(4,5)1(6)7/h3-6,9,12H,7-8,10-11H2,1-2H3;2*(H,6,7). The molecule has 33 heavy (non-hydrogen) atoms. The second kappa shape index (κ2) is 12.0. The smallest absolute Gasteiger partial charge is 0.475 e. The van der Waals surface area contributed by atoms with Crippen molar-refractivity contribution >= 4 is 23.3 Å². The lowest BCUT2D eigenvalue weighted by molar-refractivity contribution is -0.193. The molecule has 0 aliphatic carbocycles. The maximum atomic E-state index is 10.6. The van der Waals surface area contributed by atoms with Crippen molar-refractivity contribution in [1.82, 2.24) is 19.4 Å². The first-order chi connectivity index (χ1) is 15.1. The van der Waals surface area contributed by atoms with E-state index in [1.165, 1.54) is 5.69 Å². The number of carboxylic acids is 2. The highest BCUT2D eigenvalue weighted by Gasteiger charge is 2.38. The molecular weight excluding hydrogens is 482 g/mol. The Kier molecular flexibility index (Phi) is 10.3. The van der Waals surface area contributed by atoms with Crippen LogP contribution in [0.3, 0.4) is 0 Å². The Hall–Kier alpha value is -2.65. The van der Waals surface area contributed by atoms with Gasteiger partial charge in [-0.3, -0.25) is 9.47 Å². The van der Waals surface area contributed by atoms with Crippen molar-refractivity contribution in [2.75, 3.05) is 26.7 Å². The van der Waals surface area contributed by atoms with Crippen LogP contribution in [0.5, 0.6) is 0 Å². The summed E-state index contributed by atoms with van der Waals surface area (Å²) in [4.78, 5) is 27.1. The van der Waals surface area contributed by atoms with Crippen molar-refractivity contribution in [2.24, 2.45) is 0 Å². The van der Waals surface area contributed by atoms with Crippen LogP contribution in [0.2, 0.25) is 0 Å². The van der Waals surface area contributed by atoms with Crippen molar-refractivity contribution in [1.29, 1.82) is 0 Å². The first-order valence-electron chi connectivity index (χ1n) is 9.21. The number of hydrogen-bond donors (Lipinski definition) is 2. The van der Waals surface area contributed by atoms with Crippen LogP contribution in [0.15, 0.2) is 29.9 Å². The fourth-order valence-corrected chi connectivity index (χ4v) is 3.22. The Morgan fingerprint density at radius 2 is 1.67 bits per heavy atom. The van der Waals surface area contributed by atoms with Gasteiger partial charge in [-0.05, 0) is 26.1 Å². The topological polar surface area (TPSA) is 98.9 Å². The predicted molar refractivity (Wildman–Crippen MR) is 106 cm³/mol. The second-order valence-corrected chi connectivity index (χ2v) is 7.73. The molecule has 0 radical (unpaired) electrons. The van der Waals surface area contributed by atoms with Crippen LogP contribution in [-0.4, -0.2) is 86.6 Å². The highest BCUT2D eigenvalue weighted by atomic mass is 32.1. The Bertz CT molecular complexity index is 861. The number of carbonyl (C=O) groups is 2. The van der Waals surface area contributed by atoms with Crippen LogP contribution >= 0.6 is 11.3 Å². The van der Waals surface area contributed by atoms with Crippen LogP contribution < -0.4 is 0 Å². The zero-order valence-electron chi connectivity index (χ0n) is 17.5. The maximum Gasteiger partial charge on any atom is 0.490 e. The van der Waals surface area contributed by atoms with E-state index in [9.17, 15) is 26.3 Å². The molecule has 3 rings (SSSR count). The van der Waals surface area contributed by atoms with Crippen molar-refractivity contribution in [3.63, 3.8) is 0 Å². The average molecular weight is 504 g/mol. The van der Waals surface area contributed by atoms with Gasteiger partial charge in [-0.2, -0.15) is 26.3 Å². The Morgan fingerprint density at radius 3 is 2.09 bits per heavy atom. The molecule has 15 heteroatoms. The lowest BCUT2D eigenvalue weighted by atomic mass is 10.2. The molecule has 0 spiro atoms. The van der Waals surface area contributed by atoms with E-state index in [-0.39, 0.29) is 0 Å². The molecule has 8 nitrogen and oxygen atoms in total. The molecule has 1 unspecified atom stereocenters. The summed E-state index contributed by atoms with van der Waals surface area (Å²) >= 11 is 1.68. The monoisotopic (exact) mass is 504 g/mol. The first-order valence-corrected chi connectivity index (χ1v) is 10.1. The third-order valence-corrected chi connectivity index (χ3v) is 5.14. The molecular formula is C18H22F6N4O4S. The van der Waals surface area contributed by atoms with Crippen LogP contribution in [0.1, 0.15) is 12.6 Å². The molecule has 1 aliphatic heterocycles. The van der Waals surface area contributed by atoms with Gasteiger partial charge in [-0.1, -0.05) is 0 Å². The molecule has 1 fully saturated rings. The molecule has 0 saturated carbocycles. The summed E-state index contributed by atoms with van der Waals surface area (Å²) in [6.45, 7) is 6.74. The molecule has 0 bridgehead atoms. The van der Waals surface area contributed by atoms with Crippen LogP contribution in [0.25, 0.3) is 5.13 Å². The summed E-state index contributed by atoms with van der Waals surface area (Å²) in [6, 6.07) is 4.94. The zero-order chi connectivity index (χ0) is 25.4. The van der Waals surface area contributed by atoms with Crippen molar-refractivity contribution in [3.05, 3.63) is 35.6 Å². The van der Waals surface area contributed by atoms with Gasteiger partial charge in [-0.25, -0.2) is 14.6 Å². The lowest BCUT2D eigenvalue weighted by Crippen LogP contribution is -2.49. The van der Waals surface area contributed by atoms with Crippen molar-refractivity contribution in [2.45, 2.75) is 31.9 Å². The summed E-state index contributed by atoms with van der Waals surface area (Å²) in [5.41, 5.74) is 1.33. The highest BCUT2D eigenvalue weighted by Crippen LogP contribution is 2.18. The molecule has 0 aromatic carbocycles. The summed E-state index contributed by atoms with van der Waals surface area (Å²) in [5.74, 6) is -5.51. The minimum absolute atomic E-state index is 0.636. The molecule has 3 heterocycles. The van der Waals surface area contributed by atoms with Gasteiger partial charge in [0.05, 0.1) is 0 Å². The second-order valence-electron chi connectivity index (χ2n) is 6.85. The van der Waals surface area contributed by atoms with Gasteiger partial charge in [0.15, 0.2) is 5.13 Å². The fourth-order valence-electron chi connectivity index (χ4n) is 2.56. The van der Waals surface area contributed by atoms with E-state index in [0.29, 0.717) is 6.04 Å². The summed E-state index contributed by atoms with van der Waals surface area (Å²) in [5, 5.41) is 17.3. The number of carboxylic acid groups (broad SMARTS) is 2. The fraction of sp³-hybridized carbons (Fsp3) is 0.500. The van der Waals surface area contributed by atoms with E-state index in [0.717, 1.165) is 31.3 Å². The Labute approximate surface area is 188 Å². The molecule has 2 aromatic heterocycles. The highest BCUT2D eigenvalue weighted by molar-refractivity contribution is 7.12. The minimum Gasteiger partial charge on any atom is -0.475 e. The average Bonchev–Trinajstić information content (AvgIpc) is 3.35. The Balaban J connectivity index is 0.000000324. The van der Waals surface area contributed by atoms with E-state index < -0.39 is 24.3 Å². The number of piperazine rings is 1. The molecule has 2 aromatic rings. The SMILES string of the molecule is CC1CN(Cc2cccn2-c2nccs2)CCN1C.O=C(O)C(F)(F)F.O=C(O)C(F)(F)F. The third kappa shape index (κ3) is 9.79. The summed E-state index contributed by atoms with van der Waals surface area (Å²) in [7, 11) is 2.21. The number of likely N-dealkylation sites (N-methyl/N-ethyl adjacent to an activating group) is 1. The molecule has 186 valence electrons. The van der Waals surface area contributed by atoms with E-state index in [2.05, 4.69) is 51.7 Å². The van der Waals surface area contributed by atoms with Crippen LogP contribution in [0.4, 0.5) is 26.3 Å². The van der Waals surface area contributed by atoms with Crippen LogP contribution in [-0.2, 0) is 16.1 Å². The number of hydrogen-bond acceptors (Lipinski definition) is 6. The van der Waals surface area contributed by atoms with E-state index in [1.54, 1.807) is 11.3 Å². The van der Waals surface area contributed by atoms with E-state index in [1.807, 2.05) is 11.6 Å². The lowest BCUT2D eigenvalue weighted by Gasteiger charge is -2.37. The predicted octanol–water partition coefficient (Wildman–Crippen LogP) is 3.34. The number of nitrogens with zero attached hydrogens (tertiary/aromatic N) is 4. The van der Waals surface area contributed by atoms with E-state index >= 15 is 0 Å². The van der Waals surface area contributed by atoms with Gasteiger partial charge in [-0.15, -0.1) is 11.3 Å². The Morgan fingerprint density at radius 1 is 1.12 bits per heavy atom. The number of rotatable bonds is 3. The molecule has 1 saturated heterocycles. The number of aliphatic carboxylic acids is 2. The van der Waals surface area contributed by atoms with E-state index in [4.69, 9.17) is 19.8 Å². The van der Waals surface area contributed by atoms with Gasteiger partial charge in [0.25, 0.3) is 0 Å². The molecule has 1 atom stereocenters. The summed E-state index contributed by atoms with van der Waals surface area (Å²) < 4.78 is 65.7.